The average Bonchev–Trinajstić information content (AvgIpc) is 2.84. The average molecular weight is 222 g/mol. The molecule has 1 fully saturated rings. The molecule has 0 spiro atoms. The van der Waals surface area contributed by atoms with Crippen molar-refractivity contribution in [2.75, 3.05) is 13.1 Å². The van der Waals surface area contributed by atoms with Gasteiger partial charge in [0, 0.05) is 19.0 Å². The number of likely N-dealkylation sites (tertiary alicyclic amines) is 1. The van der Waals surface area contributed by atoms with Crippen LogP contribution in [0.4, 0.5) is 0 Å². The molecule has 1 saturated heterocycles. The van der Waals surface area contributed by atoms with Crippen LogP contribution in [0.25, 0.3) is 0 Å². The normalized spacial score (nSPS) is 16.1. The molecule has 0 aromatic carbocycles. The lowest BCUT2D eigenvalue weighted by Crippen LogP contribution is -2.28. The number of carbonyl (C=O) groups is 1. The summed E-state index contributed by atoms with van der Waals surface area (Å²) in [6.45, 7) is 7.59. The molecule has 2 heterocycles. The Morgan fingerprint density at radius 3 is 2.56 bits per heavy atom. The topological polar surface area (TPSA) is 46.3 Å². The van der Waals surface area contributed by atoms with Crippen LogP contribution in [-0.2, 0) is 0 Å². The second-order valence-electron chi connectivity index (χ2n) is 4.66. The Labute approximate surface area is 95.6 Å². The Morgan fingerprint density at radius 1 is 1.38 bits per heavy atom. The van der Waals surface area contributed by atoms with Crippen LogP contribution in [-0.4, -0.2) is 29.1 Å². The number of rotatable bonds is 2. The molecule has 88 valence electrons. The summed E-state index contributed by atoms with van der Waals surface area (Å²) in [6.07, 6.45) is 2.21. The van der Waals surface area contributed by atoms with Gasteiger partial charge in [0.05, 0.1) is 5.69 Å². The van der Waals surface area contributed by atoms with Crippen molar-refractivity contribution < 1.29 is 9.32 Å². The van der Waals surface area contributed by atoms with E-state index in [1.54, 1.807) is 0 Å². The molecule has 0 N–H and O–H groups in total. The zero-order chi connectivity index (χ0) is 11.7. The van der Waals surface area contributed by atoms with E-state index in [1.807, 2.05) is 25.7 Å². The van der Waals surface area contributed by atoms with Crippen LogP contribution in [0.2, 0.25) is 0 Å². The molecule has 0 saturated carbocycles. The lowest BCUT2D eigenvalue weighted by atomic mass is 10.0. The van der Waals surface area contributed by atoms with E-state index in [4.69, 9.17) is 4.52 Å². The molecular formula is C12H18N2O2. The Balaban J connectivity index is 2.31. The summed E-state index contributed by atoms with van der Waals surface area (Å²) < 4.78 is 5.24. The number of aryl methyl sites for hydroxylation is 1. The molecule has 1 aromatic rings. The van der Waals surface area contributed by atoms with Crippen molar-refractivity contribution in [1.82, 2.24) is 10.1 Å². The smallest absolute Gasteiger partial charge is 0.259 e. The maximum absolute atomic E-state index is 12.3. The van der Waals surface area contributed by atoms with Crippen LogP contribution < -0.4 is 0 Å². The first-order valence-electron chi connectivity index (χ1n) is 5.86. The highest BCUT2D eigenvalue weighted by Gasteiger charge is 2.27. The lowest BCUT2D eigenvalue weighted by Gasteiger charge is -2.15. The van der Waals surface area contributed by atoms with Gasteiger partial charge in [-0.25, -0.2) is 0 Å². The van der Waals surface area contributed by atoms with E-state index in [0.717, 1.165) is 31.7 Å². The molecule has 1 amide bonds. The Hall–Kier alpha value is -1.32. The van der Waals surface area contributed by atoms with Gasteiger partial charge in [-0.15, -0.1) is 0 Å². The van der Waals surface area contributed by atoms with Gasteiger partial charge in [-0.3, -0.25) is 4.79 Å². The summed E-state index contributed by atoms with van der Waals surface area (Å²) in [7, 11) is 0. The highest BCUT2D eigenvalue weighted by atomic mass is 16.5. The SMILES string of the molecule is Cc1noc(C(C)C)c1C(=O)N1CCCC1. The van der Waals surface area contributed by atoms with E-state index in [-0.39, 0.29) is 11.8 Å². The van der Waals surface area contributed by atoms with Gasteiger partial charge in [-0.1, -0.05) is 19.0 Å². The van der Waals surface area contributed by atoms with Gasteiger partial charge in [-0.2, -0.15) is 0 Å². The number of nitrogens with zero attached hydrogens (tertiary/aromatic N) is 2. The largest absolute Gasteiger partial charge is 0.360 e. The fraction of sp³-hybridized carbons (Fsp3) is 0.667. The van der Waals surface area contributed by atoms with Crippen LogP contribution in [0.5, 0.6) is 0 Å². The Kier molecular flexibility index (Phi) is 2.99. The number of aromatic nitrogens is 1. The highest BCUT2D eigenvalue weighted by Crippen LogP contribution is 2.24. The first-order chi connectivity index (χ1) is 7.61. The van der Waals surface area contributed by atoms with Gasteiger partial charge in [0.1, 0.15) is 5.56 Å². The third kappa shape index (κ3) is 1.84. The Morgan fingerprint density at radius 2 is 2.00 bits per heavy atom. The predicted molar refractivity (Wildman–Crippen MR) is 60.5 cm³/mol. The zero-order valence-electron chi connectivity index (χ0n) is 10.1. The molecule has 0 unspecified atom stereocenters. The third-order valence-corrected chi connectivity index (χ3v) is 3.02. The molecule has 16 heavy (non-hydrogen) atoms. The number of carbonyl (C=O) groups excluding carboxylic acids is 1. The molecule has 1 aliphatic heterocycles. The van der Waals surface area contributed by atoms with Crippen molar-refractivity contribution in [2.24, 2.45) is 0 Å². The van der Waals surface area contributed by atoms with E-state index < -0.39 is 0 Å². The second kappa shape index (κ2) is 4.28. The predicted octanol–water partition coefficient (Wildman–Crippen LogP) is 2.34. The minimum Gasteiger partial charge on any atom is -0.360 e. The van der Waals surface area contributed by atoms with Gasteiger partial charge < -0.3 is 9.42 Å². The summed E-state index contributed by atoms with van der Waals surface area (Å²) in [5.74, 6) is 0.997. The number of hydrogen-bond acceptors (Lipinski definition) is 3. The van der Waals surface area contributed by atoms with Gasteiger partial charge in [0.15, 0.2) is 5.76 Å². The van der Waals surface area contributed by atoms with Crippen molar-refractivity contribution in [3.63, 3.8) is 0 Å². The standard InChI is InChI=1S/C12H18N2O2/c1-8(2)11-10(9(3)13-16-11)12(15)14-6-4-5-7-14/h8H,4-7H2,1-3H3. The summed E-state index contributed by atoms with van der Waals surface area (Å²) >= 11 is 0. The first kappa shape index (κ1) is 11.2. The molecule has 0 atom stereocenters. The van der Waals surface area contributed by atoms with Gasteiger partial charge in [-0.05, 0) is 19.8 Å². The van der Waals surface area contributed by atoms with Gasteiger partial charge in [0.2, 0.25) is 0 Å². The maximum Gasteiger partial charge on any atom is 0.259 e. The number of hydrogen-bond donors (Lipinski definition) is 0. The van der Waals surface area contributed by atoms with Crippen LogP contribution in [0.15, 0.2) is 4.52 Å². The second-order valence-corrected chi connectivity index (χ2v) is 4.66. The molecule has 0 radical (unpaired) electrons. The molecule has 0 bridgehead atoms. The van der Waals surface area contributed by atoms with Crippen molar-refractivity contribution in [3.05, 3.63) is 17.0 Å². The summed E-state index contributed by atoms with van der Waals surface area (Å²) in [5.41, 5.74) is 1.39. The Bertz CT molecular complexity index is 390. The molecule has 1 aromatic heterocycles. The van der Waals surface area contributed by atoms with E-state index in [9.17, 15) is 4.79 Å². The fourth-order valence-electron chi connectivity index (χ4n) is 2.12. The van der Waals surface area contributed by atoms with Crippen molar-refractivity contribution >= 4 is 5.91 Å². The van der Waals surface area contributed by atoms with Crippen molar-refractivity contribution in [2.45, 2.75) is 39.5 Å². The van der Waals surface area contributed by atoms with E-state index in [2.05, 4.69) is 5.16 Å². The zero-order valence-corrected chi connectivity index (χ0v) is 10.1. The van der Waals surface area contributed by atoms with Crippen LogP contribution in [0.3, 0.4) is 0 Å². The summed E-state index contributed by atoms with van der Waals surface area (Å²) in [4.78, 5) is 14.2. The van der Waals surface area contributed by atoms with Crippen LogP contribution in [0.1, 0.15) is 54.4 Å². The molecule has 0 aliphatic carbocycles. The molecule has 2 rings (SSSR count). The van der Waals surface area contributed by atoms with Crippen LogP contribution >= 0.6 is 0 Å². The first-order valence-corrected chi connectivity index (χ1v) is 5.86. The number of amides is 1. The lowest BCUT2D eigenvalue weighted by molar-refractivity contribution is 0.0789. The van der Waals surface area contributed by atoms with E-state index in [0.29, 0.717) is 11.3 Å². The summed E-state index contributed by atoms with van der Waals surface area (Å²) in [6, 6.07) is 0. The van der Waals surface area contributed by atoms with Crippen LogP contribution in [0, 0.1) is 6.92 Å². The molecule has 1 aliphatic rings. The fourth-order valence-corrected chi connectivity index (χ4v) is 2.12. The molecule has 4 heteroatoms. The van der Waals surface area contributed by atoms with E-state index >= 15 is 0 Å². The van der Waals surface area contributed by atoms with Crippen molar-refractivity contribution in [1.29, 1.82) is 0 Å². The quantitative estimate of drug-likeness (QED) is 0.771. The summed E-state index contributed by atoms with van der Waals surface area (Å²) in [5, 5.41) is 3.91. The van der Waals surface area contributed by atoms with Gasteiger partial charge in [0.25, 0.3) is 5.91 Å². The molecular weight excluding hydrogens is 204 g/mol. The highest BCUT2D eigenvalue weighted by molar-refractivity contribution is 5.96. The minimum absolute atomic E-state index is 0.0833. The maximum atomic E-state index is 12.3. The van der Waals surface area contributed by atoms with Crippen molar-refractivity contribution in [3.8, 4) is 0 Å². The monoisotopic (exact) mass is 222 g/mol. The van der Waals surface area contributed by atoms with Gasteiger partial charge >= 0.3 is 0 Å². The third-order valence-electron chi connectivity index (χ3n) is 3.02. The minimum atomic E-state index is 0.0833. The van der Waals surface area contributed by atoms with E-state index in [1.165, 1.54) is 0 Å². The molecule has 4 nitrogen and oxygen atoms in total.